The van der Waals surface area contributed by atoms with Gasteiger partial charge in [-0.3, -0.25) is 9.59 Å². The number of halogens is 1. The predicted octanol–water partition coefficient (Wildman–Crippen LogP) is 4.39. The molecule has 26 heavy (non-hydrogen) atoms. The van der Waals surface area contributed by atoms with Crippen LogP contribution in [0.4, 0.5) is 5.69 Å². The van der Waals surface area contributed by atoms with Gasteiger partial charge in [-0.25, -0.2) is 0 Å². The average Bonchev–Trinajstić information content (AvgIpc) is 3.08. The number of hydrogen-bond donors (Lipinski definition) is 1. The van der Waals surface area contributed by atoms with E-state index in [1.807, 2.05) is 18.2 Å². The summed E-state index contributed by atoms with van der Waals surface area (Å²) in [4.78, 5) is 26.4. The van der Waals surface area contributed by atoms with Crippen molar-refractivity contribution in [1.82, 2.24) is 5.32 Å². The zero-order valence-electron chi connectivity index (χ0n) is 14.9. The van der Waals surface area contributed by atoms with Crippen molar-refractivity contribution in [3.63, 3.8) is 0 Å². The van der Waals surface area contributed by atoms with Gasteiger partial charge >= 0.3 is 0 Å². The van der Waals surface area contributed by atoms with Gasteiger partial charge in [0.15, 0.2) is 0 Å². The van der Waals surface area contributed by atoms with Gasteiger partial charge in [0.05, 0.1) is 11.3 Å². The van der Waals surface area contributed by atoms with Crippen LogP contribution >= 0.6 is 11.6 Å². The van der Waals surface area contributed by atoms with E-state index in [1.165, 1.54) is 5.56 Å². The number of anilines is 1. The van der Waals surface area contributed by atoms with Gasteiger partial charge in [0.2, 0.25) is 5.91 Å². The smallest absolute Gasteiger partial charge is 0.253 e. The Morgan fingerprint density at radius 3 is 2.69 bits per heavy atom. The average molecular weight is 371 g/mol. The van der Waals surface area contributed by atoms with Crippen molar-refractivity contribution in [2.24, 2.45) is 0 Å². The largest absolute Gasteiger partial charge is 0.352 e. The van der Waals surface area contributed by atoms with Crippen LogP contribution in [0.25, 0.3) is 0 Å². The van der Waals surface area contributed by atoms with Crippen LogP contribution in [-0.4, -0.2) is 24.9 Å². The fourth-order valence-electron chi connectivity index (χ4n) is 3.27. The molecule has 0 radical (unpaired) electrons. The Morgan fingerprint density at radius 2 is 2.00 bits per heavy atom. The maximum Gasteiger partial charge on any atom is 0.253 e. The molecule has 2 aromatic rings. The Balaban J connectivity index is 1.65. The van der Waals surface area contributed by atoms with Crippen molar-refractivity contribution < 1.29 is 9.59 Å². The first kappa shape index (κ1) is 18.5. The quantitative estimate of drug-likeness (QED) is 0.819. The van der Waals surface area contributed by atoms with Crippen molar-refractivity contribution in [2.45, 2.75) is 32.1 Å². The van der Waals surface area contributed by atoms with Gasteiger partial charge in [0.1, 0.15) is 0 Å². The number of nitrogens with one attached hydrogen (secondary N) is 1. The first-order valence-electron chi connectivity index (χ1n) is 8.99. The van der Waals surface area contributed by atoms with Crippen LogP contribution in [0.2, 0.25) is 5.02 Å². The third kappa shape index (κ3) is 4.25. The molecule has 1 N–H and O–H groups in total. The molecule has 1 fully saturated rings. The third-order valence-electron chi connectivity index (χ3n) is 4.80. The summed E-state index contributed by atoms with van der Waals surface area (Å²) < 4.78 is 0. The Labute approximate surface area is 159 Å². The molecule has 1 saturated heterocycles. The molecule has 3 rings (SSSR count). The fraction of sp³-hybridized carbons (Fsp3) is 0.333. The molecule has 1 unspecified atom stereocenters. The molecule has 1 aliphatic rings. The number of carbonyl (C=O) groups is 2. The normalized spacial score (nSPS) is 15.2. The molecule has 0 saturated carbocycles. The lowest BCUT2D eigenvalue weighted by Gasteiger charge is -2.20. The topological polar surface area (TPSA) is 49.4 Å². The molecule has 1 aliphatic heterocycles. The van der Waals surface area contributed by atoms with Crippen LogP contribution in [0.15, 0.2) is 48.5 Å². The van der Waals surface area contributed by atoms with Gasteiger partial charge in [0.25, 0.3) is 5.91 Å². The molecular weight excluding hydrogens is 348 g/mol. The van der Waals surface area contributed by atoms with E-state index in [0.717, 1.165) is 12.8 Å². The van der Waals surface area contributed by atoms with Gasteiger partial charge in [-0.2, -0.15) is 0 Å². The lowest BCUT2D eigenvalue weighted by atomic mass is 9.98. The van der Waals surface area contributed by atoms with Crippen molar-refractivity contribution in [2.75, 3.05) is 18.0 Å². The molecule has 2 amide bonds. The summed E-state index contributed by atoms with van der Waals surface area (Å²) in [6.07, 6.45) is 2.17. The summed E-state index contributed by atoms with van der Waals surface area (Å²) in [5.41, 5.74) is 2.36. The lowest BCUT2D eigenvalue weighted by molar-refractivity contribution is -0.117. The highest BCUT2D eigenvalue weighted by Gasteiger charge is 2.26. The highest BCUT2D eigenvalue weighted by atomic mass is 35.5. The summed E-state index contributed by atoms with van der Waals surface area (Å²) in [7, 11) is 0. The lowest BCUT2D eigenvalue weighted by Crippen LogP contribution is -2.30. The summed E-state index contributed by atoms with van der Waals surface area (Å²) in [5.74, 6) is 0.233. The highest BCUT2D eigenvalue weighted by molar-refractivity contribution is 6.31. The SMILES string of the molecule is CC(CCNC(=O)c1ccc(Cl)cc1N1CCCC1=O)c1ccccc1. The van der Waals surface area contributed by atoms with E-state index in [4.69, 9.17) is 11.6 Å². The first-order chi connectivity index (χ1) is 12.6. The summed E-state index contributed by atoms with van der Waals surface area (Å²) >= 11 is 6.09. The summed E-state index contributed by atoms with van der Waals surface area (Å²) in [5, 5.41) is 3.50. The highest BCUT2D eigenvalue weighted by Crippen LogP contribution is 2.28. The molecule has 4 nitrogen and oxygen atoms in total. The minimum atomic E-state index is -0.170. The summed E-state index contributed by atoms with van der Waals surface area (Å²) in [6.45, 7) is 3.35. The van der Waals surface area contributed by atoms with Gasteiger partial charge in [-0.05, 0) is 42.5 Å². The van der Waals surface area contributed by atoms with Gasteiger partial charge in [-0.15, -0.1) is 0 Å². The van der Waals surface area contributed by atoms with Crippen LogP contribution in [0, 0.1) is 0 Å². The van der Waals surface area contributed by atoms with E-state index < -0.39 is 0 Å². The molecule has 0 aromatic heterocycles. The zero-order valence-corrected chi connectivity index (χ0v) is 15.6. The number of rotatable bonds is 6. The monoisotopic (exact) mass is 370 g/mol. The molecule has 0 aliphatic carbocycles. The van der Waals surface area contributed by atoms with Gasteiger partial charge in [0, 0.05) is 24.5 Å². The number of nitrogens with zero attached hydrogens (tertiary/aromatic N) is 1. The van der Waals surface area contributed by atoms with Crippen LogP contribution in [-0.2, 0) is 4.79 Å². The second-order valence-electron chi connectivity index (χ2n) is 6.67. The maximum absolute atomic E-state index is 12.7. The van der Waals surface area contributed by atoms with Crippen molar-refractivity contribution in [3.8, 4) is 0 Å². The van der Waals surface area contributed by atoms with Crippen molar-refractivity contribution >= 4 is 29.1 Å². The Hall–Kier alpha value is -2.33. The minimum absolute atomic E-state index is 0.0408. The molecule has 2 aromatic carbocycles. The Morgan fingerprint density at radius 1 is 1.23 bits per heavy atom. The molecule has 1 atom stereocenters. The second kappa shape index (κ2) is 8.37. The molecule has 136 valence electrons. The van der Waals surface area contributed by atoms with Crippen molar-refractivity contribution in [1.29, 1.82) is 0 Å². The molecular formula is C21H23ClN2O2. The van der Waals surface area contributed by atoms with E-state index in [2.05, 4.69) is 24.4 Å². The van der Waals surface area contributed by atoms with E-state index in [1.54, 1.807) is 23.1 Å². The van der Waals surface area contributed by atoms with E-state index in [-0.39, 0.29) is 11.8 Å². The van der Waals surface area contributed by atoms with Crippen molar-refractivity contribution in [3.05, 3.63) is 64.7 Å². The molecule has 0 spiro atoms. The van der Waals surface area contributed by atoms with E-state index in [0.29, 0.717) is 41.7 Å². The van der Waals surface area contributed by atoms with Crippen LogP contribution < -0.4 is 10.2 Å². The first-order valence-corrected chi connectivity index (χ1v) is 9.37. The molecule has 1 heterocycles. The Kier molecular flexibility index (Phi) is 5.94. The third-order valence-corrected chi connectivity index (χ3v) is 5.04. The van der Waals surface area contributed by atoms with Crippen LogP contribution in [0.3, 0.4) is 0 Å². The van der Waals surface area contributed by atoms with E-state index >= 15 is 0 Å². The van der Waals surface area contributed by atoms with Crippen LogP contribution in [0.1, 0.15) is 48.0 Å². The molecule has 5 heteroatoms. The number of carbonyl (C=O) groups excluding carboxylic acids is 2. The zero-order chi connectivity index (χ0) is 18.5. The predicted molar refractivity (Wildman–Crippen MR) is 105 cm³/mol. The number of hydrogen-bond acceptors (Lipinski definition) is 2. The Bertz CT molecular complexity index is 792. The standard InChI is InChI=1S/C21H23ClN2O2/c1-15(16-6-3-2-4-7-16)11-12-23-21(26)18-10-9-17(22)14-19(18)24-13-5-8-20(24)25/h2-4,6-7,9-10,14-15H,5,8,11-13H2,1H3,(H,23,26). The van der Waals surface area contributed by atoms with Crippen LogP contribution in [0.5, 0.6) is 0 Å². The second-order valence-corrected chi connectivity index (χ2v) is 7.10. The fourth-order valence-corrected chi connectivity index (χ4v) is 3.43. The maximum atomic E-state index is 12.7. The number of amides is 2. The minimum Gasteiger partial charge on any atom is -0.352 e. The van der Waals surface area contributed by atoms with Gasteiger partial charge in [-0.1, -0.05) is 48.9 Å². The number of benzene rings is 2. The molecule has 0 bridgehead atoms. The summed E-state index contributed by atoms with van der Waals surface area (Å²) in [6, 6.07) is 15.3. The van der Waals surface area contributed by atoms with Gasteiger partial charge < -0.3 is 10.2 Å². The van der Waals surface area contributed by atoms with E-state index in [9.17, 15) is 9.59 Å².